The number of hydrogen-bond donors (Lipinski definition) is 2. The van der Waals surface area contributed by atoms with Crippen molar-refractivity contribution in [1.82, 2.24) is 5.32 Å². The maximum Gasteiger partial charge on any atom is 0.110 e. The fraction of sp³-hybridized carbons (Fsp3) is 0.600. The van der Waals surface area contributed by atoms with Crippen molar-refractivity contribution in [3.8, 4) is 0 Å². The highest BCUT2D eigenvalue weighted by Crippen LogP contribution is 2.20. The number of ether oxygens (including phenoxy) is 2. The van der Waals surface area contributed by atoms with Crippen molar-refractivity contribution in [3.63, 3.8) is 0 Å². The molecular weight excluding hydrogens is 242 g/mol. The Kier molecular flexibility index (Phi) is 4.93. The van der Waals surface area contributed by atoms with Gasteiger partial charge in [-0.25, -0.2) is 0 Å². The fourth-order valence-corrected chi connectivity index (χ4v) is 2.24. The predicted octanol–water partition coefficient (Wildman–Crippen LogP) is 1.29. The smallest absolute Gasteiger partial charge is 0.110 e. The van der Waals surface area contributed by atoms with E-state index in [0.717, 1.165) is 18.7 Å². The molecule has 4 heteroatoms. The zero-order valence-electron chi connectivity index (χ0n) is 11.6. The summed E-state index contributed by atoms with van der Waals surface area (Å²) in [4.78, 5) is 0. The average Bonchev–Trinajstić information content (AvgIpc) is 2.40. The van der Waals surface area contributed by atoms with Crippen molar-refractivity contribution in [2.45, 2.75) is 31.7 Å². The van der Waals surface area contributed by atoms with Gasteiger partial charge in [-0.2, -0.15) is 0 Å². The molecule has 0 saturated carbocycles. The van der Waals surface area contributed by atoms with Crippen molar-refractivity contribution >= 4 is 0 Å². The van der Waals surface area contributed by atoms with Crippen LogP contribution in [-0.4, -0.2) is 43.6 Å². The first-order chi connectivity index (χ1) is 9.08. The summed E-state index contributed by atoms with van der Waals surface area (Å²) in [5.41, 5.74) is -0.0966. The van der Waals surface area contributed by atoms with E-state index in [1.54, 1.807) is 6.92 Å². The van der Waals surface area contributed by atoms with Crippen LogP contribution in [0.1, 0.15) is 19.4 Å². The zero-order valence-corrected chi connectivity index (χ0v) is 11.6. The Balaban J connectivity index is 1.78. The third-order valence-corrected chi connectivity index (χ3v) is 3.31. The van der Waals surface area contributed by atoms with Crippen molar-refractivity contribution in [3.05, 3.63) is 35.9 Å². The number of benzene rings is 1. The molecule has 4 nitrogen and oxygen atoms in total. The Morgan fingerprint density at radius 3 is 2.79 bits per heavy atom. The molecule has 2 N–H and O–H groups in total. The third kappa shape index (κ3) is 4.28. The van der Waals surface area contributed by atoms with Gasteiger partial charge >= 0.3 is 0 Å². The normalized spacial score (nSPS) is 26.9. The molecule has 1 fully saturated rings. The first-order valence-corrected chi connectivity index (χ1v) is 6.80. The van der Waals surface area contributed by atoms with Crippen molar-refractivity contribution in [1.29, 1.82) is 0 Å². The van der Waals surface area contributed by atoms with Crippen LogP contribution in [0.3, 0.4) is 0 Å². The third-order valence-electron chi connectivity index (χ3n) is 3.31. The molecule has 1 aromatic rings. The van der Waals surface area contributed by atoms with Crippen LogP contribution in [0.15, 0.2) is 30.3 Å². The first kappa shape index (κ1) is 14.5. The van der Waals surface area contributed by atoms with Crippen LogP contribution in [-0.2, 0) is 15.1 Å². The van der Waals surface area contributed by atoms with Crippen LogP contribution in [0.5, 0.6) is 0 Å². The lowest BCUT2D eigenvalue weighted by atomic mass is 9.97. The molecule has 0 radical (unpaired) electrons. The lowest BCUT2D eigenvalue weighted by Gasteiger charge is -2.30. The van der Waals surface area contributed by atoms with Gasteiger partial charge in [-0.1, -0.05) is 30.3 Å². The molecule has 2 rings (SSSR count). The standard InChI is InChI=1S/C15H23NO3/c1-12-8-16-9-14(19-12)10-18-11-15(2,17)13-6-4-3-5-7-13/h3-7,12,14,16-17H,8-11H2,1-2H3. The largest absolute Gasteiger partial charge is 0.383 e. The summed E-state index contributed by atoms with van der Waals surface area (Å²) >= 11 is 0. The summed E-state index contributed by atoms with van der Waals surface area (Å²) in [6, 6.07) is 9.58. The second kappa shape index (κ2) is 6.48. The fourth-order valence-electron chi connectivity index (χ4n) is 2.24. The second-order valence-electron chi connectivity index (χ2n) is 5.38. The van der Waals surface area contributed by atoms with Gasteiger partial charge in [0.1, 0.15) is 5.60 Å². The summed E-state index contributed by atoms with van der Waals surface area (Å²) in [6.45, 7) is 6.27. The maximum atomic E-state index is 10.4. The van der Waals surface area contributed by atoms with Crippen LogP contribution in [0, 0.1) is 0 Å². The highest BCUT2D eigenvalue weighted by Gasteiger charge is 2.25. The quantitative estimate of drug-likeness (QED) is 0.842. The molecule has 0 aromatic heterocycles. The second-order valence-corrected chi connectivity index (χ2v) is 5.38. The van der Waals surface area contributed by atoms with Gasteiger partial charge in [0.25, 0.3) is 0 Å². The molecule has 3 unspecified atom stereocenters. The van der Waals surface area contributed by atoms with Crippen LogP contribution in [0.2, 0.25) is 0 Å². The Labute approximate surface area is 114 Å². The molecule has 1 heterocycles. The Morgan fingerprint density at radius 1 is 1.37 bits per heavy atom. The molecular formula is C15H23NO3. The van der Waals surface area contributed by atoms with E-state index in [1.165, 1.54) is 0 Å². The average molecular weight is 265 g/mol. The highest BCUT2D eigenvalue weighted by molar-refractivity contribution is 5.21. The Morgan fingerprint density at radius 2 is 2.11 bits per heavy atom. The molecule has 0 spiro atoms. The minimum Gasteiger partial charge on any atom is -0.383 e. The summed E-state index contributed by atoms with van der Waals surface area (Å²) in [5.74, 6) is 0. The summed E-state index contributed by atoms with van der Waals surface area (Å²) in [7, 11) is 0. The van der Waals surface area contributed by atoms with Crippen molar-refractivity contribution in [2.24, 2.45) is 0 Å². The van der Waals surface area contributed by atoms with E-state index < -0.39 is 5.60 Å². The molecule has 1 aliphatic heterocycles. The number of nitrogens with one attached hydrogen (secondary N) is 1. The van der Waals surface area contributed by atoms with Gasteiger partial charge in [-0.3, -0.25) is 0 Å². The van der Waals surface area contributed by atoms with Gasteiger partial charge in [0.05, 0.1) is 25.4 Å². The topological polar surface area (TPSA) is 50.7 Å². The summed E-state index contributed by atoms with van der Waals surface area (Å²) < 4.78 is 11.4. The minimum atomic E-state index is -0.963. The van der Waals surface area contributed by atoms with Gasteiger partial charge in [0.15, 0.2) is 0 Å². The molecule has 19 heavy (non-hydrogen) atoms. The van der Waals surface area contributed by atoms with E-state index in [-0.39, 0.29) is 18.8 Å². The minimum absolute atomic E-state index is 0.0651. The van der Waals surface area contributed by atoms with Gasteiger partial charge in [-0.15, -0.1) is 0 Å². The summed E-state index contributed by atoms with van der Waals surface area (Å²) in [6.07, 6.45) is 0.285. The van der Waals surface area contributed by atoms with Crippen molar-refractivity contribution < 1.29 is 14.6 Å². The number of rotatable bonds is 5. The molecule has 0 bridgehead atoms. The SMILES string of the molecule is CC1CNCC(COCC(C)(O)c2ccccc2)O1. The van der Waals surface area contributed by atoms with Crippen LogP contribution in [0.4, 0.5) is 0 Å². The van der Waals surface area contributed by atoms with Crippen molar-refractivity contribution in [2.75, 3.05) is 26.3 Å². The molecule has 1 saturated heterocycles. The molecule has 0 amide bonds. The van der Waals surface area contributed by atoms with Gasteiger partial charge in [0, 0.05) is 13.1 Å². The number of morpholine rings is 1. The first-order valence-electron chi connectivity index (χ1n) is 6.80. The van der Waals surface area contributed by atoms with Gasteiger partial charge in [0.2, 0.25) is 0 Å². The lowest BCUT2D eigenvalue weighted by molar-refractivity contribution is -0.0979. The molecule has 0 aliphatic carbocycles. The predicted molar refractivity (Wildman–Crippen MR) is 74.0 cm³/mol. The Hall–Kier alpha value is -0.940. The van der Waals surface area contributed by atoms with E-state index in [9.17, 15) is 5.11 Å². The highest BCUT2D eigenvalue weighted by atomic mass is 16.5. The van der Waals surface area contributed by atoms with E-state index in [4.69, 9.17) is 9.47 Å². The van der Waals surface area contributed by atoms with E-state index in [0.29, 0.717) is 6.61 Å². The van der Waals surface area contributed by atoms with Crippen LogP contribution in [0.25, 0.3) is 0 Å². The molecule has 106 valence electrons. The Bertz CT molecular complexity index is 380. The van der Waals surface area contributed by atoms with E-state index >= 15 is 0 Å². The van der Waals surface area contributed by atoms with Crippen LogP contribution >= 0.6 is 0 Å². The lowest BCUT2D eigenvalue weighted by Crippen LogP contribution is -2.45. The van der Waals surface area contributed by atoms with E-state index in [1.807, 2.05) is 37.3 Å². The monoisotopic (exact) mass is 265 g/mol. The summed E-state index contributed by atoms with van der Waals surface area (Å²) in [5, 5.41) is 13.7. The molecule has 3 atom stereocenters. The van der Waals surface area contributed by atoms with Gasteiger partial charge < -0.3 is 19.9 Å². The zero-order chi connectivity index (χ0) is 13.7. The maximum absolute atomic E-state index is 10.4. The van der Waals surface area contributed by atoms with E-state index in [2.05, 4.69) is 5.32 Å². The number of hydrogen-bond acceptors (Lipinski definition) is 4. The molecule has 1 aromatic carbocycles. The van der Waals surface area contributed by atoms with Gasteiger partial charge in [-0.05, 0) is 19.4 Å². The number of aliphatic hydroxyl groups is 1. The van der Waals surface area contributed by atoms with Crippen LogP contribution < -0.4 is 5.32 Å². The molecule has 1 aliphatic rings.